The van der Waals surface area contributed by atoms with Gasteiger partial charge < -0.3 is 4.74 Å². The average molecular weight is 308 g/mol. The second-order valence-electron chi connectivity index (χ2n) is 4.38. The third-order valence-electron chi connectivity index (χ3n) is 3.25. The van der Waals surface area contributed by atoms with Gasteiger partial charge in [-0.3, -0.25) is 5.01 Å². The molecule has 0 saturated carbocycles. The van der Waals surface area contributed by atoms with Crippen molar-refractivity contribution in [3.05, 3.63) is 46.8 Å². The zero-order valence-corrected chi connectivity index (χ0v) is 12.8. The number of rotatable bonds is 3. The van der Waals surface area contributed by atoms with E-state index >= 15 is 0 Å². The van der Waals surface area contributed by atoms with Gasteiger partial charge in [0, 0.05) is 16.8 Å². The van der Waals surface area contributed by atoms with E-state index in [1.54, 1.807) is 25.4 Å². The lowest BCUT2D eigenvalue weighted by Gasteiger charge is -2.32. The summed E-state index contributed by atoms with van der Waals surface area (Å²) < 4.78 is 7.44. The van der Waals surface area contributed by atoms with Crippen LogP contribution in [-0.4, -0.2) is 35.7 Å². The third kappa shape index (κ3) is 2.27. The van der Waals surface area contributed by atoms with Gasteiger partial charge in [0.25, 0.3) is 0 Å². The SMILES string of the molecule is COc1ccc(Cl)cc1C1=CC2=CN=CN(SC)N2C1. The van der Waals surface area contributed by atoms with E-state index in [0.29, 0.717) is 5.02 Å². The second kappa shape index (κ2) is 5.42. The van der Waals surface area contributed by atoms with Crippen molar-refractivity contribution < 1.29 is 4.74 Å². The van der Waals surface area contributed by atoms with Crippen molar-refractivity contribution in [2.24, 2.45) is 4.99 Å². The molecule has 6 heteroatoms. The zero-order valence-electron chi connectivity index (χ0n) is 11.2. The fourth-order valence-electron chi connectivity index (χ4n) is 2.31. The molecule has 2 aliphatic rings. The van der Waals surface area contributed by atoms with Crippen molar-refractivity contribution in [3.63, 3.8) is 0 Å². The van der Waals surface area contributed by atoms with E-state index in [4.69, 9.17) is 16.3 Å². The van der Waals surface area contributed by atoms with Crippen LogP contribution in [0.25, 0.3) is 5.57 Å². The maximum Gasteiger partial charge on any atom is 0.126 e. The van der Waals surface area contributed by atoms with Gasteiger partial charge in [0.2, 0.25) is 0 Å². The lowest BCUT2D eigenvalue weighted by Crippen LogP contribution is -2.35. The summed E-state index contributed by atoms with van der Waals surface area (Å²) >= 11 is 7.72. The van der Waals surface area contributed by atoms with Gasteiger partial charge in [0.05, 0.1) is 25.6 Å². The fourth-order valence-corrected chi connectivity index (χ4v) is 2.98. The lowest BCUT2D eigenvalue weighted by molar-refractivity contribution is 0.235. The largest absolute Gasteiger partial charge is 0.496 e. The number of fused-ring (bicyclic) bond motifs is 1. The molecule has 0 aliphatic carbocycles. The first kappa shape index (κ1) is 13.4. The van der Waals surface area contributed by atoms with Crippen LogP contribution in [0.3, 0.4) is 0 Å². The molecule has 20 heavy (non-hydrogen) atoms. The predicted octanol–water partition coefficient (Wildman–Crippen LogP) is 3.43. The van der Waals surface area contributed by atoms with Gasteiger partial charge in [-0.05, 0) is 41.8 Å². The summed E-state index contributed by atoms with van der Waals surface area (Å²) in [5, 5.41) is 2.87. The van der Waals surface area contributed by atoms with Crippen LogP contribution in [0.4, 0.5) is 0 Å². The molecule has 0 spiro atoms. The summed E-state index contributed by atoms with van der Waals surface area (Å²) in [5.41, 5.74) is 3.26. The molecular formula is C14H14ClN3OS. The highest BCUT2D eigenvalue weighted by Crippen LogP contribution is 2.36. The van der Waals surface area contributed by atoms with Gasteiger partial charge in [0.15, 0.2) is 0 Å². The molecule has 0 unspecified atom stereocenters. The Balaban J connectivity index is 1.98. The summed E-state index contributed by atoms with van der Waals surface area (Å²) in [4.78, 5) is 4.23. The molecule has 1 aromatic rings. The number of benzene rings is 1. The van der Waals surface area contributed by atoms with E-state index in [0.717, 1.165) is 23.6 Å². The average Bonchev–Trinajstić information content (AvgIpc) is 2.90. The van der Waals surface area contributed by atoms with E-state index in [9.17, 15) is 0 Å². The maximum atomic E-state index is 6.11. The fraction of sp³-hybridized carbons (Fsp3) is 0.214. The van der Waals surface area contributed by atoms with Crippen LogP contribution >= 0.6 is 23.5 Å². The molecule has 0 amide bonds. The lowest BCUT2D eigenvalue weighted by atomic mass is 10.1. The Hall–Kier alpha value is -1.59. The van der Waals surface area contributed by atoms with Crippen molar-refractivity contribution in [3.8, 4) is 5.75 Å². The van der Waals surface area contributed by atoms with Crippen molar-refractivity contribution in [2.45, 2.75) is 0 Å². The maximum absolute atomic E-state index is 6.11. The minimum absolute atomic E-state index is 0.707. The van der Waals surface area contributed by atoms with Crippen LogP contribution in [-0.2, 0) is 0 Å². The highest BCUT2D eigenvalue weighted by Gasteiger charge is 2.26. The third-order valence-corrected chi connectivity index (χ3v) is 4.15. The Morgan fingerprint density at radius 3 is 3.00 bits per heavy atom. The van der Waals surface area contributed by atoms with E-state index < -0.39 is 0 Å². The second-order valence-corrected chi connectivity index (χ2v) is 5.55. The molecule has 0 saturated heterocycles. The van der Waals surface area contributed by atoms with E-state index in [1.807, 2.05) is 35.1 Å². The first-order chi connectivity index (χ1) is 9.72. The number of hydrogen-bond donors (Lipinski definition) is 0. The molecule has 0 bridgehead atoms. The summed E-state index contributed by atoms with van der Waals surface area (Å²) in [6, 6.07) is 5.67. The van der Waals surface area contributed by atoms with Crippen LogP contribution in [0.5, 0.6) is 5.75 Å². The predicted molar refractivity (Wildman–Crippen MR) is 84.6 cm³/mol. The number of halogens is 1. The van der Waals surface area contributed by atoms with Crippen LogP contribution in [0.15, 0.2) is 41.2 Å². The van der Waals surface area contributed by atoms with Gasteiger partial charge in [0.1, 0.15) is 12.1 Å². The summed E-state index contributed by atoms with van der Waals surface area (Å²) in [5.74, 6) is 0.831. The minimum atomic E-state index is 0.707. The summed E-state index contributed by atoms with van der Waals surface area (Å²) in [6.07, 6.45) is 7.80. The van der Waals surface area contributed by atoms with Gasteiger partial charge in [-0.25, -0.2) is 9.41 Å². The molecule has 4 nitrogen and oxygen atoms in total. The molecule has 3 rings (SSSR count). The molecule has 0 radical (unpaired) electrons. The number of nitrogens with zero attached hydrogens (tertiary/aromatic N) is 3. The molecule has 104 valence electrons. The van der Waals surface area contributed by atoms with Gasteiger partial charge in [-0.1, -0.05) is 11.6 Å². The Kier molecular flexibility index (Phi) is 3.63. The normalized spacial score (nSPS) is 16.9. The highest BCUT2D eigenvalue weighted by atomic mass is 35.5. The number of allylic oxidation sites excluding steroid dienone is 1. The Morgan fingerprint density at radius 2 is 2.25 bits per heavy atom. The zero-order chi connectivity index (χ0) is 14.1. The van der Waals surface area contributed by atoms with Gasteiger partial charge in [-0.2, -0.15) is 0 Å². The van der Waals surface area contributed by atoms with Crippen molar-refractivity contribution in [2.75, 3.05) is 19.9 Å². The molecule has 1 aromatic carbocycles. The molecular weight excluding hydrogens is 294 g/mol. The standard InChI is InChI=1S/C14H14ClN3OS/c1-19-14-4-3-11(15)6-13(14)10-5-12-7-16-9-18(20-2)17(12)8-10/h3-7,9H,8H2,1-2H3. The van der Waals surface area contributed by atoms with Crippen molar-refractivity contribution >= 4 is 35.5 Å². The number of methoxy groups -OCH3 is 1. The van der Waals surface area contributed by atoms with E-state index in [-0.39, 0.29) is 0 Å². The summed E-state index contributed by atoms with van der Waals surface area (Å²) in [6.45, 7) is 0.773. The van der Waals surface area contributed by atoms with Crippen molar-refractivity contribution in [1.29, 1.82) is 0 Å². The van der Waals surface area contributed by atoms with Gasteiger partial charge in [-0.15, -0.1) is 0 Å². The van der Waals surface area contributed by atoms with E-state index in [1.165, 1.54) is 5.57 Å². The highest BCUT2D eigenvalue weighted by molar-refractivity contribution is 7.96. The van der Waals surface area contributed by atoms with Crippen LogP contribution < -0.4 is 4.74 Å². The molecule has 0 atom stereocenters. The number of ether oxygens (including phenoxy) is 1. The molecule has 0 fully saturated rings. The summed E-state index contributed by atoms with van der Waals surface area (Å²) in [7, 11) is 1.67. The Morgan fingerprint density at radius 1 is 1.40 bits per heavy atom. The van der Waals surface area contributed by atoms with E-state index in [2.05, 4.69) is 16.1 Å². The number of aliphatic imine (C=N–C) groups is 1. The van der Waals surface area contributed by atoms with Crippen LogP contribution in [0, 0.1) is 0 Å². The minimum Gasteiger partial charge on any atom is -0.496 e. The van der Waals surface area contributed by atoms with Crippen LogP contribution in [0.1, 0.15) is 5.56 Å². The number of hydrogen-bond acceptors (Lipinski definition) is 5. The smallest absolute Gasteiger partial charge is 0.126 e. The first-order valence-electron chi connectivity index (χ1n) is 6.11. The molecule has 0 N–H and O–H groups in total. The topological polar surface area (TPSA) is 28.1 Å². The van der Waals surface area contributed by atoms with Gasteiger partial charge >= 0.3 is 0 Å². The molecule has 2 aliphatic heterocycles. The first-order valence-corrected chi connectivity index (χ1v) is 7.67. The monoisotopic (exact) mass is 307 g/mol. The Labute approximate surface area is 127 Å². The molecule has 0 aromatic heterocycles. The molecule has 2 heterocycles. The quantitative estimate of drug-likeness (QED) is 0.800. The van der Waals surface area contributed by atoms with Crippen molar-refractivity contribution in [1.82, 2.24) is 9.42 Å². The Bertz CT molecular complexity index is 627. The number of hydrazine groups is 1. The van der Waals surface area contributed by atoms with Crippen LogP contribution in [0.2, 0.25) is 5.02 Å².